The van der Waals surface area contributed by atoms with Crippen molar-refractivity contribution in [1.29, 1.82) is 0 Å². The maximum atomic E-state index is 14.4. The summed E-state index contributed by atoms with van der Waals surface area (Å²) >= 11 is 0. The zero-order valence-corrected chi connectivity index (χ0v) is 31.6. The smallest absolute Gasteiger partial charge is 0.410 e. The number of ether oxygens (including phenoxy) is 3. The third kappa shape index (κ3) is 9.37. The fourth-order valence-corrected chi connectivity index (χ4v) is 7.75. The first-order chi connectivity index (χ1) is 25.2. The van der Waals surface area contributed by atoms with Gasteiger partial charge in [0, 0.05) is 30.5 Å². The van der Waals surface area contributed by atoms with Gasteiger partial charge < -0.3 is 29.7 Å². The number of carbonyl (C=O) groups is 6. The van der Waals surface area contributed by atoms with E-state index in [0.29, 0.717) is 29.5 Å². The number of allylic oxidation sites excluding steroid dienone is 1. The minimum absolute atomic E-state index is 0.0303. The van der Waals surface area contributed by atoms with Crippen molar-refractivity contribution >= 4 is 45.9 Å². The minimum atomic E-state index is -3.98. The number of likely N-dealkylation sites (tertiary alicyclic amines) is 1. The number of rotatable bonds is 12. The molecule has 3 fully saturated rings. The summed E-state index contributed by atoms with van der Waals surface area (Å²) < 4.78 is 58.1. The summed E-state index contributed by atoms with van der Waals surface area (Å²) in [5.74, 6) is -4.66. The van der Waals surface area contributed by atoms with Crippen LogP contribution in [0.15, 0.2) is 42.5 Å². The van der Waals surface area contributed by atoms with Crippen LogP contribution in [-0.2, 0) is 56.5 Å². The van der Waals surface area contributed by atoms with Crippen molar-refractivity contribution in [3.63, 3.8) is 0 Å². The summed E-state index contributed by atoms with van der Waals surface area (Å²) in [6, 6.07) is 1.48. The Morgan fingerprint density at radius 1 is 1.11 bits per heavy atom. The van der Waals surface area contributed by atoms with Gasteiger partial charge in [-0.1, -0.05) is 23.8 Å². The first kappa shape index (κ1) is 40.2. The SMILES string of the molecule is C=C[C@@H]1C[C@]1(NC(=O)[C@@H]1CC(OC(=O)N2Cc3cccc(F)c3C2)CN1C(=O)[C@H](COC(=O)C=C(C)C)NC(=O)OC(C)(C)C)C(=O)NS(=O)(=O)C1CC1. The van der Waals surface area contributed by atoms with Gasteiger partial charge in [-0.15, -0.1) is 6.58 Å². The first-order valence-corrected chi connectivity index (χ1v) is 19.1. The number of alkyl carbamates (subject to hydrolysis) is 1. The summed E-state index contributed by atoms with van der Waals surface area (Å²) in [5, 5.41) is 4.31. The minimum Gasteiger partial charge on any atom is -0.460 e. The number of fused-ring (bicyclic) bond motifs is 1. The molecule has 3 N–H and O–H groups in total. The van der Waals surface area contributed by atoms with E-state index in [4.69, 9.17) is 14.2 Å². The third-order valence-corrected chi connectivity index (χ3v) is 11.2. The number of hydrogen-bond donors (Lipinski definition) is 3. The lowest BCUT2D eigenvalue weighted by atomic mass is 10.1. The molecule has 2 aliphatic heterocycles. The molecule has 2 aliphatic carbocycles. The highest BCUT2D eigenvalue weighted by atomic mass is 32.2. The van der Waals surface area contributed by atoms with Crippen LogP contribution >= 0.6 is 0 Å². The van der Waals surface area contributed by atoms with Gasteiger partial charge in [-0.05, 0) is 65.5 Å². The number of carbonyl (C=O) groups excluding carboxylic acids is 6. The third-order valence-electron chi connectivity index (χ3n) is 9.34. The maximum Gasteiger partial charge on any atom is 0.410 e. The van der Waals surface area contributed by atoms with Gasteiger partial charge in [0.25, 0.3) is 5.91 Å². The number of amides is 5. The molecule has 16 nitrogen and oxygen atoms in total. The average molecular weight is 776 g/mol. The highest BCUT2D eigenvalue weighted by Gasteiger charge is 2.62. The number of nitrogens with one attached hydrogen (secondary N) is 3. The number of sulfonamides is 1. The monoisotopic (exact) mass is 775 g/mol. The second-order valence-corrected chi connectivity index (χ2v) is 17.2. The molecule has 5 rings (SSSR count). The fraction of sp³-hybridized carbons (Fsp3) is 0.556. The van der Waals surface area contributed by atoms with Crippen molar-refractivity contribution in [2.24, 2.45) is 5.92 Å². The van der Waals surface area contributed by atoms with Crippen LogP contribution in [0.3, 0.4) is 0 Å². The molecule has 18 heteroatoms. The normalized spacial score (nSPS) is 23.6. The van der Waals surface area contributed by atoms with E-state index in [1.165, 1.54) is 29.2 Å². The predicted octanol–water partition coefficient (Wildman–Crippen LogP) is 2.32. The standard InChI is InChI=1S/C36H46FN5O11S/c1-7-22-15-36(22,32(46)40-54(49,50)24-11-12-24)39-30(44)28-14-23(52-34(48)41-16-21-9-8-10-26(37)25(21)18-41)17-42(28)31(45)27(19-51-29(43)13-20(2)3)38-33(47)53-35(4,5)6/h7-10,13,22-24,27-28H,1,11-12,14-19H2,2-6H3,(H,38,47)(H,39,44)(H,40,46)/t22-,23?,27+,28+,36-/m1/s1. The Hall–Kier alpha value is -5.00. The molecule has 1 unspecified atom stereocenters. The van der Waals surface area contributed by atoms with E-state index in [-0.39, 0.29) is 32.5 Å². The number of esters is 1. The zero-order valence-electron chi connectivity index (χ0n) is 30.8. The van der Waals surface area contributed by atoms with Gasteiger partial charge in [0.2, 0.25) is 21.8 Å². The van der Waals surface area contributed by atoms with E-state index >= 15 is 0 Å². The molecule has 0 spiro atoms. The topological polar surface area (TPSA) is 207 Å². The van der Waals surface area contributed by atoms with Crippen molar-refractivity contribution in [1.82, 2.24) is 25.2 Å². The maximum absolute atomic E-state index is 14.4. The molecule has 54 heavy (non-hydrogen) atoms. The lowest BCUT2D eigenvalue weighted by molar-refractivity contribution is -0.145. The Balaban J connectivity index is 1.39. The number of benzene rings is 1. The van der Waals surface area contributed by atoms with E-state index in [2.05, 4.69) is 21.9 Å². The molecular weight excluding hydrogens is 729 g/mol. The summed E-state index contributed by atoms with van der Waals surface area (Å²) in [7, 11) is -3.98. The number of nitrogens with zero attached hydrogens (tertiary/aromatic N) is 2. The van der Waals surface area contributed by atoms with Crippen LogP contribution < -0.4 is 15.4 Å². The molecule has 5 amide bonds. The average Bonchev–Trinajstić information content (AvgIpc) is 3.96. The zero-order chi connectivity index (χ0) is 39.7. The van der Waals surface area contributed by atoms with Crippen molar-refractivity contribution in [2.45, 2.75) is 108 Å². The van der Waals surface area contributed by atoms with Gasteiger partial charge in [0.15, 0.2) is 0 Å². The van der Waals surface area contributed by atoms with Crippen LogP contribution in [0.5, 0.6) is 0 Å². The second-order valence-electron chi connectivity index (χ2n) is 15.2. The molecular formula is C36H46FN5O11S. The Labute approximate surface area is 312 Å². The van der Waals surface area contributed by atoms with E-state index in [0.717, 1.165) is 4.90 Å². The molecule has 294 valence electrons. The lowest BCUT2D eigenvalue weighted by Gasteiger charge is -2.30. The molecule has 0 aromatic heterocycles. The van der Waals surface area contributed by atoms with E-state index in [9.17, 15) is 41.6 Å². The van der Waals surface area contributed by atoms with Gasteiger partial charge in [0.1, 0.15) is 41.8 Å². The van der Waals surface area contributed by atoms with E-state index in [1.807, 2.05) is 0 Å². The van der Waals surface area contributed by atoms with Gasteiger partial charge in [-0.2, -0.15) is 0 Å². The molecule has 4 aliphatic rings. The Morgan fingerprint density at radius 3 is 2.41 bits per heavy atom. The number of halogens is 1. The van der Waals surface area contributed by atoms with Gasteiger partial charge in [-0.25, -0.2) is 27.2 Å². The van der Waals surface area contributed by atoms with Crippen LogP contribution in [-0.4, -0.2) is 102 Å². The van der Waals surface area contributed by atoms with Crippen LogP contribution in [0.1, 0.15) is 71.4 Å². The van der Waals surface area contributed by atoms with Crippen molar-refractivity contribution in [3.05, 3.63) is 59.4 Å². The highest BCUT2D eigenvalue weighted by molar-refractivity contribution is 7.91. The largest absolute Gasteiger partial charge is 0.460 e. The molecule has 0 bridgehead atoms. The molecule has 1 aromatic carbocycles. The van der Waals surface area contributed by atoms with Gasteiger partial charge >= 0.3 is 18.2 Å². The van der Waals surface area contributed by atoms with Crippen molar-refractivity contribution < 1.29 is 55.8 Å². The summed E-state index contributed by atoms with van der Waals surface area (Å²) in [6.07, 6.45) is 0.174. The van der Waals surface area contributed by atoms with E-state index in [1.54, 1.807) is 40.7 Å². The molecule has 2 heterocycles. The van der Waals surface area contributed by atoms with Gasteiger partial charge in [0.05, 0.1) is 18.3 Å². The van der Waals surface area contributed by atoms with Crippen LogP contribution in [0.25, 0.3) is 0 Å². The van der Waals surface area contributed by atoms with Crippen LogP contribution in [0.2, 0.25) is 0 Å². The summed E-state index contributed by atoms with van der Waals surface area (Å²) in [6.45, 7) is 10.8. The van der Waals surface area contributed by atoms with Crippen molar-refractivity contribution in [2.75, 3.05) is 13.2 Å². The van der Waals surface area contributed by atoms with Gasteiger partial charge in [-0.3, -0.25) is 24.0 Å². The molecule has 2 saturated carbocycles. The predicted molar refractivity (Wildman–Crippen MR) is 189 cm³/mol. The quantitative estimate of drug-likeness (QED) is 0.122. The highest BCUT2D eigenvalue weighted by Crippen LogP contribution is 2.45. The van der Waals surface area contributed by atoms with Crippen molar-refractivity contribution in [3.8, 4) is 0 Å². The molecule has 1 saturated heterocycles. The molecule has 0 radical (unpaired) electrons. The second kappa shape index (κ2) is 15.4. The number of hydrogen-bond acceptors (Lipinski definition) is 11. The van der Waals surface area contributed by atoms with E-state index < -0.39 is 98.8 Å². The fourth-order valence-electron chi connectivity index (χ4n) is 6.39. The lowest BCUT2D eigenvalue weighted by Crippen LogP contribution is -2.59. The summed E-state index contributed by atoms with van der Waals surface area (Å²) in [4.78, 5) is 82.7. The Kier molecular flexibility index (Phi) is 11.5. The van der Waals surface area contributed by atoms with Crippen LogP contribution in [0.4, 0.5) is 14.0 Å². The Bertz CT molecular complexity index is 1870. The first-order valence-electron chi connectivity index (χ1n) is 17.6. The molecule has 5 atom stereocenters. The Morgan fingerprint density at radius 2 is 1.81 bits per heavy atom. The summed E-state index contributed by atoms with van der Waals surface area (Å²) in [5.41, 5.74) is -1.13. The molecule has 1 aromatic rings. The van der Waals surface area contributed by atoms with Crippen LogP contribution in [0, 0.1) is 11.7 Å².